The van der Waals surface area contributed by atoms with Crippen molar-refractivity contribution in [3.8, 4) is 0 Å². The molecule has 1 fully saturated rings. The van der Waals surface area contributed by atoms with E-state index in [1.54, 1.807) is 4.90 Å². The van der Waals surface area contributed by atoms with E-state index in [1.807, 2.05) is 0 Å². The molecule has 33 heavy (non-hydrogen) atoms. The van der Waals surface area contributed by atoms with E-state index < -0.39 is 11.7 Å². The maximum Gasteiger partial charge on any atom is 0.416 e. The first kappa shape index (κ1) is 23.0. The molecule has 0 atom stereocenters. The first-order valence-electron chi connectivity index (χ1n) is 10.6. The van der Waals surface area contributed by atoms with Gasteiger partial charge < -0.3 is 15.1 Å². The van der Waals surface area contributed by atoms with Crippen LogP contribution in [0, 0.1) is 6.92 Å². The zero-order valence-electron chi connectivity index (χ0n) is 18.1. The molecule has 4 rings (SSSR count). The number of carbonyl (C=O) groups excluding carboxylic acids is 1. The lowest BCUT2D eigenvalue weighted by molar-refractivity contribution is -0.137. The van der Waals surface area contributed by atoms with Crippen LogP contribution in [0.15, 0.2) is 48.5 Å². The molecule has 0 radical (unpaired) electrons. The van der Waals surface area contributed by atoms with Crippen LogP contribution in [0.3, 0.4) is 0 Å². The maximum absolute atomic E-state index is 12.7. The van der Waals surface area contributed by atoms with Crippen LogP contribution in [-0.4, -0.2) is 46.5 Å². The summed E-state index contributed by atoms with van der Waals surface area (Å²) in [6, 6.07) is 12.4. The van der Waals surface area contributed by atoms with Gasteiger partial charge >= 0.3 is 12.2 Å². The number of nitrogens with one attached hydrogen (secondary N) is 1. The third kappa shape index (κ3) is 6.01. The van der Waals surface area contributed by atoms with Gasteiger partial charge in [0.2, 0.25) is 5.13 Å². The summed E-state index contributed by atoms with van der Waals surface area (Å²) < 4.78 is 42.6. The molecule has 174 valence electrons. The molecule has 0 aliphatic carbocycles. The minimum absolute atomic E-state index is 0.325. The highest BCUT2D eigenvalue weighted by Crippen LogP contribution is 2.30. The molecule has 2 aromatic carbocycles. The van der Waals surface area contributed by atoms with Crippen LogP contribution in [-0.2, 0) is 12.6 Å². The van der Waals surface area contributed by atoms with E-state index in [1.165, 1.54) is 29.2 Å². The molecule has 1 aliphatic heterocycles. The van der Waals surface area contributed by atoms with Crippen molar-refractivity contribution in [3.63, 3.8) is 0 Å². The molecule has 2 amide bonds. The SMILES string of the molecule is Cc1ccc(Cc2nsc(N3CCCN(C(=O)Nc4ccc(C(F)(F)F)cc4)CC3)n2)cc1. The van der Waals surface area contributed by atoms with E-state index in [9.17, 15) is 18.0 Å². The molecule has 6 nitrogen and oxygen atoms in total. The topological polar surface area (TPSA) is 61.4 Å². The normalized spacial score (nSPS) is 14.8. The summed E-state index contributed by atoms with van der Waals surface area (Å²) >= 11 is 1.36. The molecule has 1 aromatic heterocycles. The Kier molecular flexibility index (Phi) is 6.83. The zero-order chi connectivity index (χ0) is 23.4. The van der Waals surface area contributed by atoms with Gasteiger partial charge in [-0.1, -0.05) is 29.8 Å². The van der Waals surface area contributed by atoms with Crippen LogP contribution >= 0.6 is 11.5 Å². The number of benzene rings is 2. The largest absolute Gasteiger partial charge is 0.416 e. The van der Waals surface area contributed by atoms with Crippen LogP contribution in [0.1, 0.15) is 28.9 Å². The monoisotopic (exact) mass is 475 g/mol. The second-order valence-electron chi connectivity index (χ2n) is 7.99. The molecule has 0 spiro atoms. The van der Waals surface area contributed by atoms with Crippen molar-refractivity contribution in [2.45, 2.75) is 25.9 Å². The van der Waals surface area contributed by atoms with Crippen molar-refractivity contribution in [1.29, 1.82) is 0 Å². The molecular formula is C23H24F3N5OS. The van der Waals surface area contributed by atoms with Crippen molar-refractivity contribution >= 4 is 28.4 Å². The summed E-state index contributed by atoms with van der Waals surface area (Å²) in [6.07, 6.45) is -2.97. The van der Waals surface area contributed by atoms with E-state index in [0.717, 1.165) is 41.6 Å². The fourth-order valence-corrected chi connectivity index (χ4v) is 4.33. The summed E-state index contributed by atoms with van der Waals surface area (Å²) in [5.74, 6) is 0.778. The van der Waals surface area contributed by atoms with E-state index >= 15 is 0 Å². The number of halogens is 3. The van der Waals surface area contributed by atoms with Crippen molar-refractivity contribution in [1.82, 2.24) is 14.3 Å². The first-order valence-corrected chi connectivity index (χ1v) is 11.4. The second-order valence-corrected chi connectivity index (χ2v) is 8.72. The number of urea groups is 1. The molecule has 3 aromatic rings. The van der Waals surface area contributed by atoms with Gasteiger partial charge in [0.15, 0.2) is 0 Å². The quantitative estimate of drug-likeness (QED) is 0.564. The van der Waals surface area contributed by atoms with E-state index in [4.69, 9.17) is 0 Å². The summed E-state index contributed by atoms with van der Waals surface area (Å²) in [6.45, 7) is 4.45. The van der Waals surface area contributed by atoms with Crippen LogP contribution in [0.2, 0.25) is 0 Å². The third-order valence-electron chi connectivity index (χ3n) is 5.46. The van der Waals surface area contributed by atoms with E-state index in [-0.39, 0.29) is 6.03 Å². The average Bonchev–Trinajstić information content (AvgIpc) is 3.09. The Balaban J connectivity index is 1.32. The Bertz CT molecular complexity index is 1080. The standard InChI is InChI=1S/C23H24F3N5OS/c1-16-3-5-17(6-4-16)15-20-28-22(33-29-20)31-12-2-11-30(13-14-31)21(32)27-19-9-7-18(8-10-19)23(24,25)26/h3-10H,2,11-15H2,1H3,(H,27,32). The molecule has 1 saturated heterocycles. The smallest absolute Gasteiger partial charge is 0.345 e. The minimum Gasteiger partial charge on any atom is -0.345 e. The number of aryl methyl sites for hydroxylation is 1. The number of carbonyl (C=O) groups is 1. The van der Waals surface area contributed by atoms with Crippen molar-refractivity contribution < 1.29 is 18.0 Å². The van der Waals surface area contributed by atoms with Gasteiger partial charge in [-0.05, 0) is 43.2 Å². The number of amides is 2. The van der Waals surface area contributed by atoms with Gasteiger partial charge in [0.05, 0.1) is 5.56 Å². The van der Waals surface area contributed by atoms with Crippen molar-refractivity contribution in [3.05, 3.63) is 71.0 Å². The molecule has 10 heteroatoms. The van der Waals surface area contributed by atoms with Gasteiger partial charge in [-0.2, -0.15) is 17.5 Å². The molecule has 0 bridgehead atoms. The molecule has 2 heterocycles. The lowest BCUT2D eigenvalue weighted by Gasteiger charge is -2.22. The Morgan fingerprint density at radius 3 is 2.45 bits per heavy atom. The summed E-state index contributed by atoms with van der Waals surface area (Å²) in [4.78, 5) is 21.1. The molecule has 0 unspecified atom stereocenters. The fraction of sp³-hybridized carbons (Fsp3) is 0.348. The van der Waals surface area contributed by atoms with Gasteiger partial charge in [-0.15, -0.1) is 0 Å². The Hall–Kier alpha value is -3.14. The second kappa shape index (κ2) is 9.78. The lowest BCUT2D eigenvalue weighted by Crippen LogP contribution is -2.38. The Morgan fingerprint density at radius 2 is 1.76 bits per heavy atom. The highest BCUT2D eigenvalue weighted by Gasteiger charge is 2.30. The highest BCUT2D eigenvalue weighted by atomic mass is 32.1. The van der Waals surface area contributed by atoms with E-state index in [2.05, 4.69) is 50.8 Å². The predicted octanol–water partition coefficient (Wildman–Crippen LogP) is 5.20. The number of rotatable bonds is 4. The molecular weight excluding hydrogens is 451 g/mol. The number of aromatic nitrogens is 2. The fourth-order valence-electron chi connectivity index (χ4n) is 3.59. The maximum atomic E-state index is 12.7. The number of hydrogen-bond donors (Lipinski definition) is 1. The van der Waals surface area contributed by atoms with Gasteiger partial charge in [-0.3, -0.25) is 0 Å². The van der Waals surface area contributed by atoms with E-state index in [0.29, 0.717) is 31.7 Å². The van der Waals surface area contributed by atoms with Crippen LogP contribution in [0.5, 0.6) is 0 Å². The Labute approximate surface area is 194 Å². The third-order valence-corrected chi connectivity index (χ3v) is 6.27. The van der Waals surface area contributed by atoms with Crippen molar-refractivity contribution in [2.75, 3.05) is 36.4 Å². The molecule has 1 N–H and O–H groups in total. The van der Waals surface area contributed by atoms with Crippen LogP contribution in [0.25, 0.3) is 0 Å². The lowest BCUT2D eigenvalue weighted by atomic mass is 10.1. The minimum atomic E-state index is -4.40. The molecule has 0 saturated carbocycles. The van der Waals surface area contributed by atoms with Crippen LogP contribution in [0.4, 0.5) is 28.8 Å². The van der Waals surface area contributed by atoms with Gasteiger partial charge in [0.25, 0.3) is 0 Å². The van der Waals surface area contributed by atoms with Gasteiger partial charge in [0, 0.05) is 49.8 Å². The average molecular weight is 476 g/mol. The highest BCUT2D eigenvalue weighted by molar-refractivity contribution is 7.09. The number of alkyl halides is 3. The van der Waals surface area contributed by atoms with Gasteiger partial charge in [0.1, 0.15) is 5.82 Å². The zero-order valence-corrected chi connectivity index (χ0v) is 18.9. The molecule has 1 aliphatic rings. The predicted molar refractivity (Wildman–Crippen MR) is 123 cm³/mol. The Morgan fingerprint density at radius 1 is 1.03 bits per heavy atom. The summed E-state index contributed by atoms with van der Waals surface area (Å²) in [5, 5.41) is 3.52. The first-order chi connectivity index (χ1) is 15.8. The summed E-state index contributed by atoms with van der Waals surface area (Å²) in [5.41, 5.74) is 1.96. The van der Waals surface area contributed by atoms with Crippen molar-refractivity contribution in [2.24, 2.45) is 0 Å². The summed E-state index contributed by atoms with van der Waals surface area (Å²) in [7, 11) is 0. The van der Waals surface area contributed by atoms with Crippen LogP contribution < -0.4 is 10.2 Å². The van der Waals surface area contributed by atoms with Gasteiger partial charge in [-0.25, -0.2) is 9.78 Å². The number of nitrogens with zero attached hydrogens (tertiary/aromatic N) is 4. The number of anilines is 2. The number of hydrogen-bond acceptors (Lipinski definition) is 5.